The maximum atomic E-state index is 13.3. The fourth-order valence-corrected chi connectivity index (χ4v) is 4.84. The highest BCUT2D eigenvalue weighted by Crippen LogP contribution is 2.40. The summed E-state index contributed by atoms with van der Waals surface area (Å²) >= 11 is 0. The second-order valence-corrected chi connectivity index (χ2v) is 9.59. The van der Waals surface area contributed by atoms with Gasteiger partial charge in [0.05, 0.1) is 11.6 Å². The zero-order chi connectivity index (χ0) is 27.1. The Bertz CT molecular complexity index is 1280. The Labute approximate surface area is 225 Å². The van der Waals surface area contributed by atoms with Gasteiger partial charge in [0.2, 0.25) is 0 Å². The molecule has 0 spiro atoms. The molecular formula is C32H36N2O4. The number of nitrogens with zero attached hydrogens (tertiary/aromatic N) is 2. The Morgan fingerprint density at radius 2 is 1.66 bits per heavy atom. The molecule has 1 amide bonds. The van der Waals surface area contributed by atoms with E-state index in [1.54, 1.807) is 17.0 Å². The van der Waals surface area contributed by atoms with Crippen molar-refractivity contribution < 1.29 is 19.4 Å². The molecule has 198 valence electrons. The molecule has 1 unspecified atom stereocenters. The molecule has 1 heterocycles. The van der Waals surface area contributed by atoms with Crippen molar-refractivity contribution in [3.8, 4) is 5.75 Å². The molecule has 6 heteroatoms. The molecule has 38 heavy (non-hydrogen) atoms. The van der Waals surface area contributed by atoms with Gasteiger partial charge in [0.15, 0.2) is 0 Å². The van der Waals surface area contributed by atoms with E-state index in [-0.39, 0.29) is 11.3 Å². The maximum absolute atomic E-state index is 13.3. The predicted octanol–water partition coefficient (Wildman–Crippen LogP) is 5.73. The van der Waals surface area contributed by atoms with Gasteiger partial charge in [0.1, 0.15) is 18.1 Å². The largest absolute Gasteiger partial charge is 0.507 e. The lowest BCUT2D eigenvalue weighted by atomic mass is 9.95. The minimum absolute atomic E-state index is 0.113. The topological polar surface area (TPSA) is 70.1 Å². The van der Waals surface area contributed by atoms with Gasteiger partial charge in [0, 0.05) is 12.1 Å². The van der Waals surface area contributed by atoms with Crippen LogP contribution in [-0.4, -0.2) is 52.8 Å². The second kappa shape index (κ2) is 12.6. The highest BCUT2D eigenvalue weighted by atomic mass is 16.5. The van der Waals surface area contributed by atoms with Crippen molar-refractivity contribution in [1.29, 1.82) is 0 Å². The molecule has 0 aromatic heterocycles. The normalized spacial score (nSPS) is 16.8. The molecular weight excluding hydrogens is 476 g/mol. The summed E-state index contributed by atoms with van der Waals surface area (Å²) in [6, 6.07) is 23.9. The van der Waals surface area contributed by atoms with E-state index in [9.17, 15) is 14.7 Å². The number of hydrogen-bond donors (Lipinski definition) is 1. The molecule has 0 saturated carbocycles. The summed E-state index contributed by atoms with van der Waals surface area (Å²) in [7, 11) is 0. The van der Waals surface area contributed by atoms with Crippen LogP contribution in [0.5, 0.6) is 5.75 Å². The third kappa shape index (κ3) is 6.14. The minimum atomic E-state index is -0.701. The highest BCUT2D eigenvalue weighted by Gasteiger charge is 2.45. The van der Waals surface area contributed by atoms with Crippen molar-refractivity contribution in [3.63, 3.8) is 0 Å². The first kappa shape index (κ1) is 27.1. The molecule has 0 radical (unpaired) electrons. The van der Waals surface area contributed by atoms with Gasteiger partial charge in [-0.15, -0.1) is 0 Å². The van der Waals surface area contributed by atoms with E-state index in [0.717, 1.165) is 42.7 Å². The lowest BCUT2D eigenvalue weighted by Crippen LogP contribution is -2.33. The molecule has 3 aromatic carbocycles. The maximum Gasteiger partial charge on any atom is 0.295 e. The monoisotopic (exact) mass is 512 g/mol. The van der Waals surface area contributed by atoms with Crippen molar-refractivity contribution in [2.75, 3.05) is 26.2 Å². The molecule has 0 aliphatic carbocycles. The van der Waals surface area contributed by atoms with E-state index < -0.39 is 17.7 Å². The van der Waals surface area contributed by atoms with Crippen molar-refractivity contribution in [2.24, 2.45) is 0 Å². The van der Waals surface area contributed by atoms with E-state index >= 15 is 0 Å². The third-order valence-electron chi connectivity index (χ3n) is 7.05. The van der Waals surface area contributed by atoms with Gasteiger partial charge in [-0.05, 0) is 56.2 Å². The van der Waals surface area contributed by atoms with E-state index in [0.29, 0.717) is 24.5 Å². The van der Waals surface area contributed by atoms with Crippen LogP contribution in [0.4, 0.5) is 0 Å². The van der Waals surface area contributed by atoms with Crippen LogP contribution in [0, 0.1) is 6.92 Å². The van der Waals surface area contributed by atoms with Crippen LogP contribution in [-0.2, 0) is 16.2 Å². The standard InChI is InChI=1S/C32H36N2O4/c1-4-33(5-2)19-10-20-34-29(26-13-9-14-27(21-26)38-22-24-11-7-6-8-12-24)28(31(36)32(34)37)30(35)25-17-15-23(3)16-18-25/h6-9,11-18,21,29,35H,4-5,10,19-20,22H2,1-3H3. The fourth-order valence-electron chi connectivity index (χ4n) is 4.84. The summed E-state index contributed by atoms with van der Waals surface area (Å²) in [4.78, 5) is 30.5. The molecule has 0 bridgehead atoms. The number of aryl methyl sites for hydroxylation is 1. The number of aliphatic hydroxyl groups is 1. The fraction of sp³-hybridized carbons (Fsp3) is 0.312. The molecule has 1 N–H and O–H groups in total. The first-order chi connectivity index (χ1) is 18.4. The van der Waals surface area contributed by atoms with Crippen molar-refractivity contribution >= 4 is 17.4 Å². The number of carbonyl (C=O) groups excluding carboxylic acids is 2. The first-order valence-corrected chi connectivity index (χ1v) is 13.3. The summed E-state index contributed by atoms with van der Waals surface area (Å²) < 4.78 is 6.04. The van der Waals surface area contributed by atoms with Crippen molar-refractivity contribution in [3.05, 3.63) is 107 Å². The Kier molecular flexibility index (Phi) is 8.98. The van der Waals surface area contributed by atoms with Gasteiger partial charge in [0.25, 0.3) is 11.7 Å². The third-order valence-corrected chi connectivity index (χ3v) is 7.05. The molecule has 6 nitrogen and oxygen atoms in total. The van der Waals surface area contributed by atoms with Gasteiger partial charge in [-0.25, -0.2) is 0 Å². The van der Waals surface area contributed by atoms with E-state index in [2.05, 4.69) is 18.7 Å². The number of benzene rings is 3. The van der Waals surface area contributed by atoms with E-state index in [4.69, 9.17) is 4.74 Å². The summed E-state index contributed by atoms with van der Waals surface area (Å²) in [6.45, 7) is 9.65. The van der Waals surface area contributed by atoms with Crippen LogP contribution in [0.15, 0.2) is 84.4 Å². The van der Waals surface area contributed by atoms with Crippen LogP contribution in [0.3, 0.4) is 0 Å². The Morgan fingerprint density at radius 1 is 0.947 bits per heavy atom. The number of ketones is 1. The summed E-state index contributed by atoms with van der Waals surface area (Å²) in [5.41, 5.74) is 3.43. The summed E-state index contributed by atoms with van der Waals surface area (Å²) in [5, 5.41) is 11.3. The number of Topliss-reactive ketones (excluding diaryl/α,β-unsaturated/α-hetero) is 1. The molecule has 1 saturated heterocycles. The second-order valence-electron chi connectivity index (χ2n) is 9.59. The molecule has 1 aliphatic heterocycles. The van der Waals surface area contributed by atoms with Crippen molar-refractivity contribution in [1.82, 2.24) is 9.80 Å². The van der Waals surface area contributed by atoms with E-state index in [1.165, 1.54) is 0 Å². The lowest BCUT2D eigenvalue weighted by molar-refractivity contribution is -0.140. The predicted molar refractivity (Wildman–Crippen MR) is 150 cm³/mol. The van der Waals surface area contributed by atoms with Gasteiger partial charge >= 0.3 is 0 Å². The van der Waals surface area contributed by atoms with Crippen LogP contribution >= 0.6 is 0 Å². The number of ether oxygens (including phenoxy) is 1. The number of carbonyl (C=O) groups is 2. The van der Waals surface area contributed by atoms with Crippen LogP contribution < -0.4 is 4.74 Å². The Morgan fingerprint density at radius 3 is 2.34 bits per heavy atom. The highest BCUT2D eigenvalue weighted by molar-refractivity contribution is 6.46. The Balaban J connectivity index is 1.69. The zero-order valence-electron chi connectivity index (χ0n) is 22.4. The number of hydrogen-bond acceptors (Lipinski definition) is 5. The van der Waals surface area contributed by atoms with Gasteiger partial charge < -0.3 is 19.6 Å². The van der Waals surface area contributed by atoms with Crippen LogP contribution in [0.25, 0.3) is 5.76 Å². The molecule has 1 atom stereocenters. The van der Waals surface area contributed by atoms with Gasteiger partial charge in [-0.2, -0.15) is 0 Å². The zero-order valence-corrected chi connectivity index (χ0v) is 22.4. The van der Waals surface area contributed by atoms with Crippen LogP contribution in [0.1, 0.15) is 48.6 Å². The summed E-state index contributed by atoms with van der Waals surface area (Å²) in [6.07, 6.45) is 0.722. The Hall–Kier alpha value is -3.90. The minimum Gasteiger partial charge on any atom is -0.507 e. The molecule has 1 aliphatic rings. The molecule has 4 rings (SSSR count). The molecule has 3 aromatic rings. The number of aliphatic hydroxyl groups excluding tert-OH is 1. The quantitative estimate of drug-likeness (QED) is 0.202. The van der Waals surface area contributed by atoms with E-state index in [1.807, 2.05) is 73.7 Å². The van der Waals surface area contributed by atoms with Gasteiger partial charge in [-0.1, -0.05) is 86.1 Å². The smallest absolute Gasteiger partial charge is 0.295 e. The SMILES string of the molecule is CCN(CC)CCCN1C(=O)C(=O)C(=C(O)c2ccc(C)cc2)C1c1cccc(OCc2ccccc2)c1. The summed E-state index contributed by atoms with van der Waals surface area (Å²) in [5.74, 6) is -0.768. The first-order valence-electron chi connectivity index (χ1n) is 13.3. The van der Waals surface area contributed by atoms with Crippen molar-refractivity contribution in [2.45, 2.75) is 39.8 Å². The van der Waals surface area contributed by atoms with Gasteiger partial charge in [-0.3, -0.25) is 9.59 Å². The number of rotatable bonds is 11. The van der Waals surface area contributed by atoms with Crippen LogP contribution in [0.2, 0.25) is 0 Å². The average molecular weight is 513 g/mol. The number of likely N-dealkylation sites (tertiary alicyclic amines) is 1. The molecule has 1 fully saturated rings. The average Bonchev–Trinajstić information content (AvgIpc) is 3.20. The number of amides is 1. The lowest BCUT2D eigenvalue weighted by Gasteiger charge is -2.27.